The monoisotopic (exact) mass is 415 g/mol. The van der Waals surface area contributed by atoms with Crippen LogP contribution in [0.15, 0.2) is 48.5 Å². The highest BCUT2D eigenvalue weighted by molar-refractivity contribution is 7.92. The molecular formula is C22H29N3O3S. The fourth-order valence-corrected chi connectivity index (χ4v) is 4.02. The Morgan fingerprint density at radius 1 is 1.03 bits per heavy atom. The van der Waals surface area contributed by atoms with Crippen LogP contribution in [0.4, 0.5) is 5.69 Å². The highest BCUT2D eigenvalue weighted by atomic mass is 32.2. The number of piperidine rings is 1. The van der Waals surface area contributed by atoms with Crippen molar-refractivity contribution in [2.24, 2.45) is 0 Å². The van der Waals surface area contributed by atoms with E-state index in [1.165, 1.54) is 36.2 Å². The molecule has 7 heteroatoms. The van der Waals surface area contributed by atoms with Crippen molar-refractivity contribution in [1.29, 1.82) is 0 Å². The molecule has 2 aromatic carbocycles. The Hall–Kier alpha value is -2.38. The SMILES string of the molecule is CN(c1ccc(C(=O)NCc2cccc(CN3CCCCC3)c2)cc1)S(C)(=O)=O. The Morgan fingerprint density at radius 2 is 1.69 bits per heavy atom. The molecular weight excluding hydrogens is 386 g/mol. The second kappa shape index (κ2) is 9.41. The van der Waals surface area contributed by atoms with Crippen LogP contribution < -0.4 is 9.62 Å². The lowest BCUT2D eigenvalue weighted by Crippen LogP contribution is -2.29. The Morgan fingerprint density at radius 3 is 2.34 bits per heavy atom. The van der Waals surface area contributed by atoms with Gasteiger partial charge in [0.05, 0.1) is 11.9 Å². The van der Waals surface area contributed by atoms with Crippen LogP contribution >= 0.6 is 0 Å². The summed E-state index contributed by atoms with van der Waals surface area (Å²) in [5, 5.41) is 2.94. The third-order valence-electron chi connectivity index (χ3n) is 5.29. The van der Waals surface area contributed by atoms with Crippen molar-refractivity contribution in [3.05, 3.63) is 65.2 Å². The van der Waals surface area contributed by atoms with Crippen LogP contribution in [-0.4, -0.2) is 45.6 Å². The number of nitrogens with one attached hydrogen (secondary N) is 1. The number of benzene rings is 2. The Labute approximate surface area is 173 Å². The van der Waals surface area contributed by atoms with Crippen molar-refractivity contribution in [1.82, 2.24) is 10.2 Å². The largest absolute Gasteiger partial charge is 0.348 e. The van der Waals surface area contributed by atoms with E-state index in [9.17, 15) is 13.2 Å². The summed E-state index contributed by atoms with van der Waals surface area (Å²) in [6.07, 6.45) is 5.02. The van der Waals surface area contributed by atoms with Gasteiger partial charge in [-0.2, -0.15) is 0 Å². The molecule has 2 aromatic rings. The van der Waals surface area contributed by atoms with Gasteiger partial charge in [-0.05, 0) is 61.3 Å². The molecule has 1 fully saturated rings. The predicted octanol–water partition coefficient (Wildman–Crippen LogP) is 3.00. The van der Waals surface area contributed by atoms with Gasteiger partial charge in [0, 0.05) is 25.7 Å². The van der Waals surface area contributed by atoms with Gasteiger partial charge < -0.3 is 5.32 Å². The Kier molecular flexibility index (Phi) is 6.92. The molecule has 1 aliphatic rings. The van der Waals surface area contributed by atoms with Crippen molar-refractivity contribution in [2.75, 3.05) is 30.7 Å². The predicted molar refractivity (Wildman–Crippen MR) is 116 cm³/mol. The molecule has 0 saturated carbocycles. The molecule has 1 N–H and O–H groups in total. The van der Waals surface area contributed by atoms with Gasteiger partial charge in [0.2, 0.25) is 10.0 Å². The molecule has 0 bridgehead atoms. The minimum atomic E-state index is -3.32. The number of hydrogen-bond acceptors (Lipinski definition) is 4. The van der Waals surface area contributed by atoms with Crippen LogP contribution in [-0.2, 0) is 23.1 Å². The first-order chi connectivity index (χ1) is 13.8. The first kappa shape index (κ1) is 21.3. The van der Waals surface area contributed by atoms with Crippen LogP contribution in [0.25, 0.3) is 0 Å². The summed E-state index contributed by atoms with van der Waals surface area (Å²) in [5.41, 5.74) is 3.36. The maximum atomic E-state index is 12.4. The lowest BCUT2D eigenvalue weighted by Gasteiger charge is -2.26. The maximum absolute atomic E-state index is 12.4. The minimum Gasteiger partial charge on any atom is -0.348 e. The summed E-state index contributed by atoms with van der Waals surface area (Å²) in [4.78, 5) is 14.9. The highest BCUT2D eigenvalue weighted by Gasteiger charge is 2.13. The lowest BCUT2D eigenvalue weighted by atomic mass is 10.1. The van der Waals surface area contributed by atoms with E-state index in [1.54, 1.807) is 24.3 Å². The van der Waals surface area contributed by atoms with Gasteiger partial charge in [0.1, 0.15) is 0 Å². The molecule has 0 aliphatic carbocycles. The molecule has 1 amide bonds. The van der Waals surface area contributed by atoms with Gasteiger partial charge in [-0.25, -0.2) is 8.42 Å². The normalized spacial score (nSPS) is 15.1. The van der Waals surface area contributed by atoms with Crippen molar-refractivity contribution in [3.63, 3.8) is 0 Å². The zero-order chi connectivity index (χ0) is 20.9. The lowest BCUT2D eigenvalue weighted by molar-refractivity contribution is 0.0951. The quantitative estimate of drug-likeness (QED) is 0.755. The fraction of sp³-hybridized carbons (Fsp3) is 0.409. The van der Waals surface area contributed by atoms with E-state index >= 15 is 0 Å². The van der Waals surface area contributed by atoms with E-state index < -0.39 is 10.0 Å². The second-order valence-electron chi connectivity index (χ2n) is 7.62. The molecule has 29 heavy (non-hydrogen) atoms. The topological polar surface area (TPSA) is 69.7 Å². The number of anilines is 1. The third kappa shape index (κ3) is 6.05. The summed E-state index contributed by atoms with van der Waals surface area (Å²) < 4.78 is 24.4. The molecule has 0 atom stereocenters. The van der Waals surface area contributed by atoms with Gasteiger partial charge in [0.15, 0.2) is 0 Å². The van der Waals surface area contributed by atoms with Crippen LogP contribution in [0.3, 0.4) is 0 Å². The first-order valence-corrected chi connectivity index (χ1v) is 11.8. The molecule has 1 saturated heterocycles. The zero-order valence-electron chi connectivity index (χ0n) is 17.1. The van der Waals surface area contributed by atoms with Gasteiger partial charge >= 0.3 is 0 Å². The number of rotatable bonds is 7. The number of carbonyl (C=O) groups excluding carboxylic acids is 1. The van der Waals surface area contributed by atoms with Gasteiger partial charge in [-0.1, -0.05) is 30.7 Å². The fourth-order valence-electron chi connectivity index (χ4n) is 3.51. The first-order valence-electron chi connectivity index (χ1n) is 9.95. The van der Waals surface area contributed by atoms with Gasteiger partial charge in [-0.3, -0.25) is 14.0 Å². The number of hydrogen-bond donors (Lipinski definition) is 1. The molecule has 0 aromatic heterocycles. The Balaban J connectivity index is 1.57. The smallest absolute Gasteiger partial charge is 0.251 e. The average Bonchev–Trinajstić information content (AvgIpc) is 2.72. The molecule has 1 heterocycles. The minimum absolute atomic E-state index is 0.181. The van der Waals surface area contributed by atoms with Crippen LogP contribution in [0.1, 0.15) is 40.7 Å². The van der Waals surface area contributed by atoms with Crippen LogP contribution in [0.2, 0.25) is 0 Å². The summed E-state index contributed by atoms with van der Waals surface area (Å²) in [6, 6.07) is 14.9. The summed E-state index contributed by atoms with van der Waals surface area (Å²) >= 11 is 0. The van der Waals surface area contributed by atoms with Crippen molar-refractivity contribution in [3.8, 4) is 0 Å². The standard InChI is InChI=1S/C22H29N3O3S/c1-24(29(2,27)28)21-11-9-20(10-12-21)22(26)23-16-18-7-6-8-19(15-18)17-25-13-4-3-5-14-25/h6-12,15H,3-5,13-14,16-17H2,1-2H3,(H,23,26). The summed E-state index contributed by atoms with van der Waals surface area (Å²) in [7, 11) is -1.83. The zero-order valence-corrected chi connectivity index (χ0v) is 17.9. The molecule has 0 radical (unpaired) electrons. The van der Waals surface area contributed by atoms with Crippen molar-refractivity contribution >= 4 is 21.6 Å². The van der Waals surface area contributed by atoms with E-state index in [1.807, 2.05) is 12.1 Å². The molecule has 156 valence electrons. The van der Waals surface area contributed by atoms with Crippen LogP contribution in [0, 0.1) is 0 Å². The second-order valence-corrected chi connectivity index (χ2v) is 9.63. The molecule has 0 unspecified atom stereocenters. The van der Waals surface area contributed by atoms with Crippen molar-refractivity contribution in [2.45, 2.75) is 32.4 Å². The van der Waals surface area contributed by atoms with Crippen molar-refractivity contribution < 1.29 is 13.2 Å². The Bertz CT molecular complexity index is 936. The highest BCUT2D eigenvalue weighted by Crippen LogP contribution is 2.17. The van der Waals surface area contributed by atoms with E-state index in [-0.39, 0.29) is 5.91 Å². The molecule has 3 rings (SSSR count). The molecule has 0 spiro atoms. The van der Waals surface area contributed by atoms with Gasteiger partial charge in [-0.15, -0.1) is 0 Å². The van der Waals surface area contributed by atoms with Crippen LogP contribution in [0.5, 0.6) is 0 Å². The summed E-state index contributed by atoms with van der Waals surface area (Å²) in [5.74, 6) is -0.181. The van der Waals surface area contributed by atoms with Gasteiger partial charge in [0.25, 0.3) is 5.91 Å². The maximum Gasteiger partial charge on any atom is 0.251 e. The number of carbonyl (C=O) groups is 1. The van der Waals surface area contributed by atoms with E-state index in [2.05, 4.69) is 22.3 Å². The van der Waals surface area contributed by atoms with E-state index in [0.29, 0.717) is 17.8 Å². The number of sulfonamides is 1. The number of amides is 1. The number of likely N-dealkylation sites (tertiary alicyclic amines) is 1. The van der Waals surface area contributed by atoms with E-state index in [0.717, 1.165) is 31.5 Å². The summed E-state index contributed by atoms with van der Waals surface area (Å²) in [6.45, 7) is 3.73. The third-order valence-corrected chi connectivity index (χ3v) is 6.50. The molecule has 6 nitrogen and oxygen atoms in total. The molecule has 1 aliphatic heterocycles. The average molecular weight is 416 g/mol. The number of nitrogens with zero attached hydrogens (tertiary/aromatic N) is 2. The van der Waals surface area contributed by atoms with E-state index in [4.69, 9.17) is 0 Å².